The van der Waals surface area contributed by atoms with Gasteiger partial charge in [-0.15, -0.1) is 0 Å². The summed E-state index contributed by atoms with van der Waals surface area (Å²) in [6.07, 6.45) is 6.37. The molecular formula is C17H25NO3. The molecule has 1 N–H and O–H groups in total. The standard InChI is InChI=1S/C17H25NO3/c1-20-12-6-11-17(19)18-13-14-7-2-5-10-16(14)21-15-8-3-4-9-15/h2,5,7,10,15H,3-4,6,8-9,11-13H2,1H3,(H,18,19). The monoisotopic (exact) mass is 291 g/mol. The Morgan fingerprint density at radius 2 is 2.05 bits per heavy atom. The first-order chi connectivity index (χ1) is 10.3. The zero-order valence-corrected chi connectivity index (χ0v) is 12.8. The maximum Gasteiger partial charge on any atom is 0.220 e. The highest BCUT2D eigenvalue weighted by Crippen LogP contribution is 2.26. The largest absolute Gasteiger partial charge is 0.490 e. The molecule has 2 rings (SSSR count). The fraction of sp³-hybridized carbons (Fsp3) is 0.588. The van der Waals surface area contributed by atoms with E-state index in [1.165, 1.54) is 12.8 Å². The van der Waals surface area contributed by atoms with Crippen LogP contribution in [0.1, 0.15) is 44.1 Å². The summed E-state index contributed by atoms with van der Waals surface area (Å²) in [6.45, 7) is 1.14. The summed E-state index contributed by atoms with van der Waals surface area (Å²) in [5, 5.41) is 2.95. The van der Waals surface area contributed by atoms with Crippen LogP contribution in [0.2, 0.25) is 0 Å². The van der Waals surface area contributed by atoms with Crippen LogP contribution in [0.15, 0.2) is 24.3 Å². The van der Waals surface area contributed by atoms with Gasteiger partial charge in [-0.2, -0.15) is 0 Å². The number of para-hydroxylation sites is 1. The third-order valence-electron chi connectivity index (χ3n) is 3.80. The van der Waals surface area contributed by atoms with Crippen LogP contribution in [0.3, 0.4) is 0 Å². The second-order valence-corrected chi connectivity index (χ2v) is 5.51. The normalized spacial score (nSPS) is 15.1. The topological polar surface area (TPSA) is 47.6 Å². The first kappa shape index (κ1) is 15.8. The van der Waals surface area contributed by atoms with Crippen molar-refractivity contribution in [2.75, 3.05) is 13.7 Å². The molecule has 0 heterocycles. The third kappa shape index (κ3) is 5.38. The zero-order valence-electron chi connectivity index (χ0n) is 12.8. The van der Waals surface area contributed by atoms with E-state index in [4.69, 9.17) is 9.47 Å². The van der Waals surface area contributed by atoms with Gasteiger partial charge >= 0.3 is 0 Å². The van der Waals surface area contributed by atoms with Crippen molar-refractivity contribution in [2.45, 2.75) is 51.2 Å². The van der Waals surface area contributed by atoms with E-state index < -0.39 is 0 Å². The number of hydrogen-bond acceptors (Lipinski definition) is 3. The predicted molar refractivity (Wildman–Crippen MR) is 82.3 cm³/mol. The highest BCUT2D eigenvalue weighted by atomic mass is 16.5. The molecule has 1 saturated carbocycles. The first-order valence-electron chi connectivity index (χ1n) is 7.80. The summed E-state index contributed by atoms with van der Waals surface area (Å²) in [6, 6.07) is 7.96. The second kappa shape index (κ2) is 8.67. The van der Waals surface area contributed by atoms with Crippen LogP contribution in [0.25, 0.3) is 0 Å². The lowest BCUT2D eigenvalue weighted by Crippen LogP contribution is -2.23. The van der Waals surface area contributed by atoms with Crippen molar-refractivity contribution in [1.82, 2.24) is 5.32 Å². The van der Waals surface area contributed by atoms with Gasteiger partial charge in [-0.3, -0.25) is 4.79 Å². The minimum Gasteiger partial charge on any atom is -0.490 e. The number of benzene rings is 1. The van der Waals surface area contributed by atoms with Crippen LogP contribution in [-0.2, 0) is 16.1 Å². The minimum atomic E-state index is 0.0581. The smallest absolute Gasteiger partial charge is 0.220 e. The highest BCUT2D eigenvalue weighted by Gasteiger charge is 2.17. The molecule has 0 unspecified atom stereocenters. The van der Waals surface area contributed by atoms with E-state index in [1.54, 1.807) is 7.11 Å². The third-order valence-corrected chi connectivity index (χ3v) is 3.80. The van der Waals surface area contributed by atoms with Crippen LogP contribution in [0.5, 0.6) is 5.75 Å². The van der Waals surface area contributed by atoms with Gasteiger partial charge in [-0.25, -0.2) is 0 Å². The zero-order chi connectivity index (χ0) is 14.9. The number of amides is 1. The van der Waals surface area contributed by atoms with Crippen molar-refractivity contribution in [2.24, 2.45) is 0 Å². The number of rotatable bonds is 8. The minimum absolute atomic E-state index is 0.0581. The molecule has 0 atom stereocenters. The lowest BCUT2D eigenvalue weighted by atomic mass is 10.2. The SMILES string of the molecule is COCCCC(=O)NCc1ccccc1OC1CCCC1. The predicted octanol–water partition coefficient (Wildman–Crippen LogP) is 3.05. The maximum absolute atomic E-state index is 11.7. The van der Waals surface area contributed by atoms with Gasteiger partial charge < -0.3 is 14.8 Å². The van der Waals surface area contributed by atoms with Gasteiger partial charge in [0.15, 0.2) is 0 Å². The quantitative estimate of drug-likeness (QED) is 0.749. The molecule has 1 aliphatic rings. The number of carbonyl (C=O) groups excluding carboxylic acids is 1. The molecule has 1 fully saturated rings. The molecular weight excluding hydrogens is 266 g/mol. The molecule has 1 aliphatic carbocycles. The maximum atomic E-state index is 11.7. The van der Waals surface area contributed by atoms with Gasteiger partial charge in [0.05, 0.1) is 6.10 Å². The Hall–Kier alpha value is -1.55. The summed E-state index contributed by atoms with van der Waals surface area (Å²) in [5.41, 5.74) is 1.05. The van der Waals surface area contributed by atoms with Crippen LogP contribution in [0, 0.1) is 0 Å². The number of methoxy groups -OCH3 is 1. The van der Waals surface area contributed by atoms with E-state index in [0.717, 1.165) is 30.6 Å². The Balaban J connectivity index is 1.83. The van der Waals surface area contributed by atoms with Gasteiger partial charge in [-0.1, -0.05) is 18.2 Å². The molecule has 0 radical (unpaired) electrons. The summed E-state index contributed by atoms with van der Waals surface area (Å²) in [7, 11) is 1.65. The Bertz CT molecular complexity index is 441. The number of nitrogens with one attached hydrogen (secondary N) is 1. The molecule has 21 heavy (non-hydrogen) atoms. The summed E-state index contributed by atoms with van der Waals surface area (Å²) in [5.74, 6) is 0.962. The molecule has 0 saturated heterocycles. The van der Waals surface area contributed by atoms with Crippen LogP contribution < -0.4 is 10.1 Å². The fourth-order valence-corrected chi connectivity index (χ4v) is 2.61. The molecule has 1 aromatic carbocycles. The first-order valence-corrected chi connectivity index (χ1v) is 7.80. The molecule has 4 heteroatoms. The second-order valence-electron chi connectivity index (χ2n) is 5.51. The molecule has 116 valence electrons. The molecule has 0 aliphatic heterocycles. The molecule has 0 spiro atoms. The molecule has 1 amide bonds. The Labute approximate surface area is 126 Å². The van der Waals surface area contributed by atoms with Crippen molar-refractivity contribution in [1.29, 1.82) is 0 Å². The molecule has 0 aromatic heterocycles. The van der Waals surface area contributed by atoms with Crippen molar-refractivity contribution in [3.05, 3.63) is 29.8 Å². The van der Waals surface area contributed by atoms with Gasteiger partial charge in [0.2, 0.25) is 5.91 Å². The number of carbonyl (C=O) groups is 1. The van der Waals surface area contributed by atoms with E-state index in [1.807, 2.05) is 24.3 Å². The van der Waals surface area contributed by atoms with E-state index in [0.29, 0.717) is 25.7 Å². The summed E-state index contributed by atoms with van der Waals surface area (Å²) < 4.78 is 11.0. The molecule has 1 aromatic rings. The fourth-order valence-electron chi connectivity index (χ4n) is 2.61. The van der Waals surface area contributed by atoms with Crippen molar-refractivity contribution in [3.63, 3.8) is 0 Å². The summed E-state index contributed by atoms with van der Waals surface area (Å²) >= 11 is 0. The average molecular weight is 291 g/mol. The van der Waals surface area contributed by atoms with Gasteiger partial charge in [0, 0.05) is 32.2 Å². The Morgan fingerprint density at radius 1 is 1.29 bits per heavy atom. The Morgan fingerprint density at radius 3 is 2.81 bits per heavy atom. The van der Waals surface area contributed by atoms with E-state index in [-0.39, 0.29) is 5.91 Å². The number of ether oxygens (including phenoxy) is 2. The lowest BCUT2D eigenvalue weighted by Gasteiger charge is -2.16. The number of hydrogen-bond donors (Lipinski definition) is 1. The van der Waals surface area contributed by atoms with Crippen LogP contribution in [-0.4, -0.2) is 25.7 Å². The van der Waals surface area contributed by atoms with E-state index in [9.17, 15) is 4.79 Å². The van der Waals surface area contributed by atoms with E-state index in [2.05, 4.69) is 5.32 Å². The van der Waals surface area contributed by atoms with Gasteiger partial charge in [-0.05, 0) is 38.2 Å². The average Bonchev–Trinajstić information content (AvgIpc) is 3.00. The van der Waals surface area contributed by atoms with Crippen molar-refractivity contribution in [3.8, 4) is 5.75 Å². The van der Waals surface area contributed by atoms with Crippen molar-refractivity contribution >= 4 is 5.91 Å². The highest BCUT2D eigenvalue weighted by molar-refractivity contribution is 5.75. The summed E-state index contributed by atoms with van der Waals surface area (Å²) in [4.78, 5) is 11.7. The lowest BCUT2D eigenvalue weighted by molar-refractivity contribution is -0.121. The van der Waals surface area contributed by atoms with Crippen molar-refractivity contribution < 1.29 is 14.3 Å². The van der Waals surface area contributed by atoms with Gasteiger partial charge in [0.25, 0.3) is 0 Å². The Kier molecular flexibility index (Phi) is 6.54. The molecule has 0 bridgehead atoms. The van der Waals surface area contributed by atoms with E-state index >= 15 is 0 Å². The van der Waals surface area contributed by atoms with Gasteiger partial charge in [0.1, 0.15) is 5.75 Å². The molecule has 4 nitrogen and oxygen atoms in total. The van der Waals surface area contributed by atoms with Crippen LogP contribution >= 0.6 is 0 Å². The van der Waals surface area contributed by atoms with Crippen LogP contribution in [0.4, 0.5) is 0 Å².